The number of rotatable bonds is 3. The summed E-state index contributed by atoms with van der Waals surface area (Å²) in [5.41, 5.74) is 0. The van der Waals surface area contributed by atoms with Gasteiger partial charge >= 0.3 is 0 Å². The second kappa shape index (κ2) is 4.42. The van der Waals surface area contributed by atoms with Gasteiger partial charge in [0, 0.05) is 25.2 Å². The first-order valence-electron chi connectivity index (χ1n) is 4.80. The number of nitrogens with zero attached hydrogens (tertiary/aromatic N) is 1. The second-order valence-corrected chi connectivity index (χ2v) is 5.87. The van der Waals surface area contributed by atoms with Gasteiger partial charge in [-0.2, -0.15) is 4.31 Å². The van der Waals surface area contributed by atoms with Gasteiger partial charge in [0.15, 0.2) is 0 Å². The molecule has 0 aliphatic carbocycles. The first-order valence-corrected chi connectivity index (χ1v) is 6.41. The number of hydrogen-bond acceptors (Lipinski definition) is 3. The second-order valence-electron chi connectivity index (χ2n) is 3.85. The molecule has 1 aliphatic heterocycles. The molecule has 0 radical (unpaired) electrons. The van der Waals surface area contributed by atoms with Crippen molar-refractivity contribution < 1.29 is 8.42 Å². The fourth-order valence-electron chi connectivity index (χ4n) is 1.76. The average molecular weight is 218 g/mol. The number of nitrogens with one attached hydrogen (secondary N) is 1. The third-order valence-electron chi connectivity index (χ3n) is 2.25. The lowest BCUT2D eigenvalue weighted by atomic mass is 10.2. The van der Waals surface area contributed by atoms with Gasteiger partial charge in [0.1, 0.15) is 0 Å². The van der Waals surface area contributed by atoms with Crippen molar-refractivity contribution in [1.82, 2.24) is 9.62 Å². The molecule has 0 amide bonds. The van der Waals surface area contributed by atoms with Crippen molar-refractivity contribution in [2.75, 3.05) is 18.8 Å². The van der Waals surface area contributed by atoms with Crippen LogP contribution < -0.4 is 5.32 Å². The van der Waals surface area contributed by atoms with E-state index in [0.29, 0.717) is 13.1 Å². The van der Waals surface area contributed by atoms with Crippen molar-refractivity contribution in [2.45, 2.75) is 25.9 Å². The molecular formula is C9H18N2O2S. The highest BCUT2D eigenvalue weighted by Crippen LogP contribution is 2.09. The largest absolute Gasteiger partial charge is 0.309 e. The zero-order valence-corrected chi connectivity index (χ0v) is 9.55. The van der Waals surface area contributed by atoms with E-state index in [1.54, 1.807) is 4.31 Å². The molecule has 2 unspecified atom stereocenters. The van der Waals surface area contributed by atoms with Gasteiger partial charge in [0.2, 0.25) is 10.0 Å². The van der Waals surface area contributed by atoms with E-state index in [1.165, 1.54) is 6.08 Å². The summed E-state index contributed by atoms with van der Waals surface area (Å²) in [5, 5.41) is 3.29. The van der Waals surface area contributed by atoms with Crippen LogP contribution in [0.2, 0.25) is 0 Å². The normalized spacial score (nSPS) is 30.1. The van der Waals surface area contributed by atoms with E-state index in [-0.39, 0.29) is 17.8 Å². The predicted molar refractivity (Wildman–Crippen MR) is 57.6 cm³/mol. The summed E-state index contributed by atoms with van der Waals surface area (Å²) in [6, 6.07) is 0.441. The zero-order valence-electron chi connectivity index (χ0n) is 8.73. The Morgan fingerprint density at radius 2 is 1.93 bits per heavy atom. The van der Waals surface area contributed by atoms with E-state index in [0.717, 1.165) is 0 Å². The standard InChI is InChI=1S/C9H18N2O2S/c1-4-5-14(12,13)11-6-8(2)10-9(3)7-11/h4,8-10H,1,5-7H2,2-3H3. The molecule has 0 saturated carbocycles. The lowest BCUT2D eigenvalue weighted by Crippen LogP contribution is -2.56. The highest BCUT2D eigenvalue weighted by Gasteiger charge is 2.28. The minimum absolute atomic E-state index is 0.0342. The highest BCUT2D eigenvalue weighted by molar-refractivity contribution is 7.89. The smallest absolute Gasteiger partial charge is 0.217 e. The van der Waals surface area contributed by atoms with Crippen LogP contribution in [0.5, 0.6) is 0 Å². The maximum Gasteiger partial charge on any atom is 0.217 e. The molecule has 1 saturated heterocycles. The van der Waals surface area contributed by atoms with E-state index < -0.39 is 10.0 Å². The Labute approximate surface area is 86.0 Å². The van der Waals surface area contributed by atoms with Gasteiger partial charge in [-0.05, 0) is 13.8 Å². The van der Waals surface area contributed by atoms with Crippen molar-refractivity contribution in [3.05, 3.63) is 12.7 Å². The molecule has 5 heteroatoms. The van der Waals surface area contributed by atoms with Crippen LogP contribution in [0.4, 0.5) is 0 Å². The molecular weight excluding hydrogens is 200 g/mol. The zero-order chi connectivity index (χ0) is 10.8. The molecule has 1 aliphatic rings. The first-order chi connectivity index (χ1) is 6.45. The minimum atomic E-state index is -3.12. The number of hydrogen-bond donors (Lipinski definition) is 1. The van der Waals surface area contributed by atoms with Crippen molar-refractivity contribution in [2.24, 2.45) is 0 Å². The van der Waals surface area contributed by atoms with Crippen LogP contribution in [0.15, 0.2) is 12.7 Å². The Hall–Kier alpha value is -0.390. The van der Waals surface area contributed by atoms with Gasteiger partial charge in [-0.1, -0.05) is 6.08 Å². The van der Waals surface area contributed by atoms with Crippen LogP contribution in [0.25, 0.3) is 0 Å². The molecule has 4 nitrogen and oxygen atoms in total. The molecule has 2 atom stereocenters. The maximum absolute atomic E-state index is 11.7. The van der Waals surface area contributed by atoms with Crippen LogP contribution in [-0.2, 0) is 10.0 Å². The van der Waals surface area contributed by atoms with Crippen LogP contribution >= 0.6 is 0 Å². The molecule has 1 heterocycles. The number of piperazine rings is 1. The Morgan fingerprint density at radius 1 is 1.43 bits per heavy atom. The van der Waals surface area contributed by atoms with Crippen molar-refractivity contribution in [3.8, 4) is 0 Å². The summed E-state index contributed by atoms with van der Waals surface area (Å²) in [4.78, 5) is 0. The van der Waals surface area contributed by atoms with Crippen molar-refractivity contribution in [1.29, 1.82) is 0 Å². The monoisotopic (exact) mass is 218 g/mol. The summed E-state index contributed by atoms with van der Waals surface area (Å²) in [6.45, 7) is 8.55. The maximum atomic E-state index is 11.7. The molecule has 0 spiro atoms. The van der Waals surface area contributed by atoms with Gasteiger partial charge in [0.25, 0.3) is 0 Å². The van der Waals surface area contributed by atoms with Gasteiger partial charge in [-0.3, -0.25) is 0 Å². The Bertz CT molecular complexity index is 290. The van der Waals surface area contributed by atoms with Crippen molar-refractivity contribution in [3.63, 3.8) is 0 Å². The quantitative estimate of drug-likeness (QED) is 0.688. The van der Waals surface area contributed by atoms with E-state index in [4.69, 9.17) is 0 Å². The third-order valence-corrected chi connectivity index (χ3v) is 3.99. The van der Waals surface area contributed by atoms with Crippen LogP contribution in [0, 0.1) is 0 Å². The SMILES string of the molecule is C=CCS(=O)(=O)N1CC(C)NC(C)C1. The van der Waals surface area contributed by atoms with E-state index in [9.17, 15) is 8.42 Å². The Morgan fingerprint density at radius 3 is 2.36 bits per heavy atom. The Balaban J connectivity index is 2.72. The molecule has 14 heavy (non-hydrogen) atoms. The van der Waals surface area contributed by atoms with Crippen LogP contribution in [0.1, 0.15) is 13.8 Å². The first kappa shape index (κ1) is 11.7. The molecule has 0 aromatic carbocycles. The molecule has 0 aromatic rings. The molecule has 0 aromatic heterocycles. The van der Waals surface area contributed by atoms with Crippen LogP contribution in [-0.4, -0.2) is 43.6 Å². The molecule has 0 bridgehead atoms. The summed E-state index contributed by atoms with van der Waals surface area (Å²) in [7, 11) is -3.12. The molecule has 1 fully saturated rings. The summed E-state index contributed by atoms with van der Waals surface area (Å²) < 4.78 is 24.9. The van der Waals surface area contributed by atoms with E-state index >= 15 is 0 Å². The Kier molecular flexibility index (Phi) is 3.69. The summed E-state index contributed by atoms with van der Waals surface area (Å²) in [5.74, 6) is 0.0342. The van der Waals surface area contributed by atoms with E-state index in [2.05, 4.69) is 11.9 Å². The highest BCUT2D eigenvalue weighted by atomic mass is 32.2. The lowest BCUT2D eigenvalue weighted by Gasteiger charge is -2.35. The summed E-state index contributed by atoms with van der Waals surface area (Å²) >= 11 is 0. The van der Waals surface area contributed by atoms with E-state index in [1.807, 2.05) is 13.8 Å². The van der Waals surface area contributed by atoms with Gasteiger partial charge in [-0.15, -0.1) is 6.58 Å². The van der Waals surface area contributed by atoms with Crippen LogP contribution in [0.3, 0.4) is 0 Å². The fourth-order valence-corrected chi connectivity index (χ4v) is 3.17. The topological polar surface area (TPSA) is 49.4 Å². The average Bonchev–Trinajstić information content (AvgIpc) is 2.02. The third kappa shape index (κ3) is 2.80. The molecule has 1 rings (SSSR count). The lowest BCUT2D eigenvalue weighted by molar-refractivity contribution is 0.263. The minimum Gasteiger partial charge on any atom is -0.309 e. The number of sulfonamides is 1. The van der Waals surface area contributed by atoms with Gasteiger partial charge < -0.3 is 5.32 Å². The van der Waals surface area contributed by atoms with Gasteiger partial charge in [-0.25, -0.2) is 8.42 Å². The van der Waals surface area contributed by atoms with Crippen molar-refractivity contribution >= 4 is 10.0 Å². The molecule has 82 valence electrons. The fraction of sp³-hybridized carbons (Fsp3) is 0.778. The predicted octanol–water partition coefficient (Wildman–Crippen LogP) is 0.184. The van der Waals surface area contributed by atoms with Gasteiger partial charge in [0.05, 0.1) is 5.75 Å². The summed E-state index contributed by atoms with van der Waals surface area (Å²) in [6.07, 6.45) is 1.44. The molecule has 1 N–H and O–H groups in total.